The third-order valence-electron chi connectivity index (χ3n) is 2.40. The largest absolute Gasteiger partial charge is 0.380 e. The molecule has 1 aromatic heterocycles. The summed E-state index contributed by atoms with van der Waals surface area (Å²) in [4.78, 5) is 27.3. The van der Waals surface area contributed by atoms with Gasteiger partial charge in [-0.15, -0.1) is 0 Å². The summed E-state index contributed by atoms with van der Waals surface area (Å²) in [6, 6.07) is 2.92. The first-order chi connectivity index (χ1) is 8.19. The monoisotopic (exact) mass is 238 g/mol. The van der Waals surface area contributed by atoms with Gasteiger partial charge in [0.15, 0.2) is 0 Å². The Morgan fingerprint density at radius 2 is 2.24 bits per heavy atom. The maximum Gasteiger partial charge on any atom is 0.254 e. The third kappa shape index (κ3) is 4.03. The van der Waals surface area contributed by atoms with Crippen LogP contribution in [-0.4, -0.2) is 42.1 Å². The van der Waals surface area contributed by atoms with Crippen LogP contribution in [0.2, 0.25) is 0 Å². The molecule has 5 nitrogen and oxygen atoms in total. The Hall–Kier alpha value is -1.62. The highest BCUT2D eigenvalue weighted by molar-refractivity contribution is 5.94. The van der Waals surface area contributed by atoms with E-state index in [1.165, 1.54) is 12.3 Å². The van der Waals surface area contributed by atoms with E-state index in [2.05, 4.69) is 4.98 Å². The van der Waals surface area contributed by atoms with E-state index in [1.807, 2.05) is 13.8 Å². The zero-order chi connectivity index (χ0) is 12.7. The van der Waals surface area contributed by atoms with Gasteiger partial charge in [-0.3, -0.25) is 9.59 Å². The van der Waals surface area contributed by atoms with Crippen molar-refractivity contribution in [1.82, 2.24) is 9.88 Å². The van der Waals surface area contributed by atoms with Gasteiger partial charge in [0.05, 0.1) is 6.61 Å². The second kappa shape index (κ2) is 6.85. The molecule has 0 aliphatic rings. The van der Waals surface area contributed by atoms with Gasteiger partial charge >= 0.3 is 0 Å². The Bertz CT molecular complexity index is 414. The Morgan fingerprint density at radius 3 is 2.82 bits per heavy atom. The zero-order valence-corrected chi connectivity index (χ0v) is 10.2. The molecule has 0 atom stereocenters. The first-order valence-electron chi connectivity index (χ1n) is 5.74. The van der Waals surface area contributed by atoms with Crippen LogP contribution in [0.25, 0.3) is 0 Å². The quantitative estimate of drug-likeness (QED) is 0.748. The van der Waals surface area contributed by atoms with E-state index in [1.54, 1.807) is 11.0 Å². The molecule has 0 spiro atoms. The molecule has 0 fully saturated rings. The van der Waals surface area contributed by atoms with Gasteiger partial charge in [0.1, 0.15) is 0 Å². The lowest BCUT2D eigenvalue weighted by Gasteiger charge is -2.20. The highest BCUT2D eigenvalue weighted by Gasteiger charge is 2.13. The van der Waals surface area contributed by atoms with Gasteiger partial charge in [-0.25, -0.2) is 0 Å². The van der Waals surface area contributed by atoms with Gasteiger partial charge in [-0.2, -0.15) is 0 Å². The lowest BCUT2D eigenvalue weighted by Crippen LogP contribution is -2.34. The molecule has 1 rings (SSSR count). The first kappa shape index (κ1) is 13.4. The predicted octanol–water partition coefficient (Wildman–Crippen LogP) is 0.874. The summed E-state index contributed by atoms with van der Waals surface area (Å²) in [6.07, 6.45) is 1.48. The van der Waals surface area contributed by atoms with Crippen molar-refractivity contribution in [3.8, 4) is 0 Å². The number of likely N-dealkylation sites (N-methyl/N-ethyl adjacent to an activating group) is 1. The summed E-state index contributed by atoms with van der Waals surface area (Å²) in [5.74, 6) is -0.140. The molecule has 1 amide bonds. The second-order valence-electron chi connectivity index (χ2n) is 3.52. The number of amides is 1. The number of hydrogen-bond acceptors (Lipinski definition) is 3. The number of aromatic amines is 1. The predicted molar refractivity (Wildman–Crippen MR) is 65.1 cm³/mol. The van der Waals surface area contributed by atoms with Gasteiger partial charge < -0.3 is 14.6 Å². The highest BCUT2D eigenvalue weighted by Crippen LogP contribution is 2.01. The van der Waals surface area contributed by atoms with Gasteiger partial charge in [0.2, 0.25) is 5.56 Å². The molecular formula is C12H18N2O3. The molecule has 0 bridgehead atoms. The van der Waals surface area contributed by atoms with Crippen LogP contribution in [0.3, 0.4) is 0 Å². The van der Waals surface area contributed by atoms with Crippen LogP contribution in [0.5, 0.6) is 0 Å². The minimum absolute atomic E-state index is 0.140. The summed E-state index contributed by atoms with van der Waals surface area (Å²) in [5, 5.41) is 0. The average molecular weight is 238 g/mol. The number of pyridine rings is 1. The van der Waals surface area contributed by atoms with Crippen molar-refractivity contribution < 1.29 is 9.53 Å². The smallest absolute Gasteiger partial charge is 0.254 e. The fraction of sp³-hybridized carbons (Fsp3) is 0.500. The van der Waals surface area contributed by atoms with E-state index in [0.717, 1.165) is 0 Å². The number of hydrogen-bond donors (Lipinski definition) is 1. The van der Waals surface area contributed by atoms with Crippen LogP contribution in [-0.2, 0) is 4.74 Å². The highest BCUT2D eigenvalue weighted by atomic mass is 16.5. The Labute approximate surface area is 100 Å². The molecule has 94 valence electrons. The van der Waals surface area contributed by atoms with Crippen LogP contribution in [0.4, 0.5) is 0 Å². The Morgan fingerprint density at radius 1 is 1.47 bits per heavy atom. The molecule has 1 aromatic rings. The lowest BCUT2D eigenvalue weighted by molar-refractivity contribution is 0.0669. The fourth-order valence-electron chi connectivity index (χ4n) is 1.48. The maximum absolute atomic E-state index is 12.0. The van der Waals surface area contributed by atoms with Gasteiger partial charge in [-0.1, -0.05) is 0 Å². The van der Waals surface area contributed by atoms with Crippen molar-refractivity contribution >= 4 is 5.91 Å². The van der Waals surface area contributed by atoms with E-state index in [9.17, 15) is 9.59 Å². The standard InChI is InChI=1S/C12H18N2O3/c1-3-14(7-8-17-4-2)12(16)10-5-6-13-11(15)9-10/h5-6,9H,3-4,7-8H2,1-2H3,(H,13,15). The number of nitrogens with zero attached hydrogens (tertiary/aromatic N) is 1. The maximum atomic E-state index is 12.0. The van der Waals surface area contributed by atoms with E-state index < -0.39 is 0 Å². The molecule has 0 aliphatic heterocycles. The Balaban J connectivity index is 2.69. The van der Waals surface area contributed by atoms with E-state index in [4.69, 9.17) is 4.74 Å². The SMILES string of the molecule is CCOCCN(CC)C(=O)c1cc[nH]c(=O)c1. The van der Waals surface area contributed by atoms with Gasteiger partial charge in [-0.05, 0) is 19.9 Å². The van der Waals surface area contributed by atoms with Crippen molar-refractivity contribution in [3.05, 3.63) is 34.2 Å². The fourth-order valence-corrected chi connectivity index (χ4v) is 1.48. The van der Waals surface area contributed by atoms with Gasteiger partial charge in [0, 0.05) is 37.5 Å². The van der Waals surface area contributed by atoms with Crippen molar-refractivity contribution in [1.29, 1.82) is 0 Å². The van der Waals surface area contributed by atoms with E-state index in [0.29, 0.717) is 31.9 Å². The summed E-state index contributed by atoms with van der Waals surface area (Å²) in [5.41, 5.74) is 0.142. The molecule has 0 aliphatic carbocycles. The lowest BCUT2D eigenvalue weighted by atomic mass is 10.2. The van der Waals surface area contributed by atoms with Crippen molar-refractivity contribution in [2.45, 2.75) is 13.8 Å². The number of aromatic nitrogens is 1. The molecule has 0 saturated heterocycles. The summed E-state index contributed by atoms with van der Waals surface area (Å²) in [6.45, 7) is 6.09. The summed E-state index contributed by atoms with van der Waals surface area (Å²) < 4.78 is 5.21. The second-order valence-corrected chi connectivity index (χ2v) is 3.52. The molecule has 0 aromatic carbocycles. The Kier molecular flexibility index (Phi) is 5.42. The molecule has 1 N–H and O–H groups in total. The normalized spacial score (nSPS) is 10.2. The number of ether oxygens (including phenoxy) is 1. The number of rotatable bonds is 6. The number of H-pyrrole nitrogens is 1. The summed E-state index contributed by atoms with van der Waals surface area (Å²) in [7, 11) is 0. The zero-order valence-electron chi connectivity index (χ0n) is 10.2. The molecule has 0 radical (unpaired) electrons. The van der Waals surface area contributed by atoms with Crippen LogP contribution in [0.15, 0.2) is 23.1 Å². The molecule has 0 unspecified atom stereocenters. The molecule has 1 heterocycles. The van der Waals surface area contributed by atoms with Crippen molar-refractivity contribution in [2.24, 2.45) is 0 Å². The number of carbonyl (C=O) groups excluding carboxylic acids is 1. The molecule has 17 heavy (non-hydrogen) atoms. The van der Waals surface area contributed by atoms with E-state index >= 15 is 0 Å². The third-order valence-corrected chi connectivity index (χ3v) is 2.40. The molecular weight excluding hydrogens is 220 g/mol. The van der Waals surface area contributed by atoms with Crippen LogP contribution >= 0.6 is 0 Å². The van der Waals surface area contributed by atoms with Crippen molar-refractivity contribution in [3.63, 3.8) is 0 Å². The molecule has 0 saturated carbocycles. The number of nitrogens with one attached hydrogen (secondary N) is 1. The van der Waals surface area contributed by atoms with Gasteiger partial charge in [0.25, 0.3) is 5.91 Å². The minimum Gasteiger partial charge on any atom is -0.380 e. The average Bonchev–Trinajstić information content (AvgIpc) is 2.34. The number of carbonyl (C=O) groups is 1. The van der Waals surface area contributed by atoms with E-state index in [-0.39, 0.29) is 11.5 Å². The van der Waals surface area contributed by atoms with Crippen LogP contribution in [0, 0.1) is 0 Å². The molecule has 5 heteroatoms. The summed E-state index contributed by atoms with van der Waals surface area (Å²) >= 11 is 0. The topological polar surface area (TPSA) is 62.4 Å². The first-order valence-corrected chi connectivity index (χ1v) is 5.74. The van der Waals surface area contributed by atoms with Crippen molar-refractivity contribution in [2.75, 3.05) is 26.3 Å². The van der Waals surface area contributed by atoms with Crippen LogP contribution in [0.1, 0.15) is 24.2 Å². The minimum atomic E-state index is -0.267. The van der Waals surface area contributed by atoms with Crippen LogP contribution < -0.4 is 5.56 Å².